The SMILES string of the molecule is C#Cc1cccc(NC(=O)NCCCOC)c1. The van der Waals surface area contributed by atoms with E-state index in [1.165, 1.54) is 0 Å². The van der Waals surface area contributed by atoms with Crippen molar-refractivity contribution in [3.05, 3.63) is 29.8 Å². The van der Waals surface area contributed by atoms with Crippen LogP contribution in [0.1, 0.15) is 12.0 Å². The van der Waals surface area contributed by atoms with Gasteiger partial charge in [0.1, 0.15) is 0 Å². The van der Waals surface area contributed by atoms with Crippen molar-refractivity contribution in [1.82, 2.24) is 5.32 Å². The van der Waals surface area contributed by atoms with Crippen molar-refractivity contribution < 1.29 is 9.53 Å². The molecule has 0 aliphatic heterocycles. The van der Waals surface area contributed by atoms with Crippen LogP contribution < -0.4 is 10.6 Å². The van der Waals surface area contributed by atoms with E-state index in [4.69, 9.17) is 11.2 Å². The van der Waals surface area contributed by atoms with Gasteiger partial charge in [0.05, 0.1) is 0 Å². The molecule has 2 amide bonds. The van der Waals surface area contributed by atoms with Gasteiger partial charge < -0.3 is 15.4 Å². The Morgan fingerprint density at radius 3 is 3.06 bits per heavy atom. The maximum Gasteiger partial charge on any atom is 0.319 e. The van der Waals surface area contributed by atoms with E-state index >= 15 is 0 Å². The van der Waals surface area contributed by atoms with E-state index in [0.717, 1.165) is 12.0 Å². The third-order valence-electron chi connectivity index (χ3n) is 2.10. The van der Waals surface area contributed by atoms with Gasteiger partial charge in [-0.1, -0.05) is 12.0 Å². The minimum absolute atomic E-state index is 0.240. The van der Waals surface area contributed by atoms with E-state index in [2.05, 4.69) is 16.6 Å². The lowest BCUT2D eigenvalue weighted by molar-refractivity contribution is 0.194. The topological polar surface area (TPSA) is 50.4 Å². The van der Waals surface area contributed by atoms with Crippen molar-refractivity contribution in [3.63, 3.8) is 0 Å². The van der Waals surface area contributed by atoms with Crippen LogP contribution in [0.4, 0.5) is 10.5 Å². The Kier molecular flexibility index (Phi) is 5.62. The van der Waals surface area contributed by atoms with E-state index in [0.29, 0.717) is 18.8 Å². The molecule has 4 nitrogen and oxygen atoms in total. The van der Waals surface area contributed by atoms with Crippen LogP contribution in [-0.2, 0) is 4.74 Å². The van der Waals surface area contributed by atoms with Crippen LogP contribution in [0.3, 0.4) is 0 Å². The highest BCUT2D eigenvalue weighted by atomic mass is 16.5. The Bertz CT molecular complexity index is 410. The number of nitrogens with one attached hydrogen (secondary N) is 2. The van der Waals surface area contributed by atoms with Crippen LogP contribution in [0.5, 0.6) is 0 Å². The van der Waals surface area contributed by atoms with E-state index in [1.807, 2.05) is 6.07 Å². The monoisotopic (exact) mass is 232 g/mol. The van der Waals surface area contributed by atoms with Gasteiger partial charge in [0.25, 0.3) is 0 Å². The Morgan fingerprint density at radius 2 is 2.35 bits per heavy atom. The van der Waals surface area contributed by atoms with Gasteiger partial charge in [0, 0.05) is 31.5 Å². The molecule has 0 heterocycles. The number of anilines is 1. The highest BCUT2D eigenvalue weighted by Gasteiger charge is 2.00. The van der Waals surface area contributed by atoms with Crippen LogP contribution in [0.2, 0.25) is 0 Å². The summed E-state index contributed by atoms with van der Waals surface area (Å²) >= 11 is 0. The number of hydrogen-bond donors (Lipinski definition) is 2. The van der Waals surface area contributed by atoms with Crippen LogP contribution in [-0.4, -0.2) is 26.3 Å². The Labute approximate surface area is 101 Å². The second-order valence-electron chi connectivity index (χ2n) is 3.45. The summed E-state index contributed by atoms with van der Waals surface area (Å²) < 4.78 is 4.88. The predicted molar refractivity (Wildman–Crippen MR) is 67.9 cm³/mol. The predicted octanol–water partition coefficient (Wildman–Crippen LogP) is 1.83. The molecule has 0 saturated heterocycles. The number of rotatable bonds is 5. The van der Waals surface area contributed by atoms with Crippen molar-refractivity contribution in [3.8, 4) is 12.3 Å². The first-order valence-electron chi connectivity index (χ1n) is 5.36. The van der Waals surface area contributed by atoms with Crippen molar-refractivity contribution >= 4 is 11.7 Å². The van der Waals surface area contributed by atoms with Gasteiger partial charge in [0.15, 0.2) is 0 Å². The minimum Gasteiger partial charge on any atom is -0.385 e. The number of carbonyl (C=O) groups excluding carboxylic acids is 1. The lowest BCUT2D eigenvalue weighted by Gasteiger charge is -2.07. The van der Waals surface area contributed by atoms with Crippen molar-refractivity contribution in [2.24, 2.45) is 0 Å². The number of carbonyl (C=O) groups is 1. The molecular formula is C13H16N2O2. The molecule has 0 atom stereocenters. The number of terminal acetylenes is 1. The van der Waals surface area contributed by atoms with Gasteiger partial charge in [-0.25, -0.2) is 4.79 Å². The summed E-state index contributed by atoms with van der Waals surface area (Å²) in [5, 5.41) is 5.43. The Hall–Kier alpha value is -1.99. The highest BCUT2D eigenvalue weighted by molar-refractivity contribution is 5.89. The first-order chi connectivity index (χ1) is 8.26. The number of ether oxygens (including phenoxy) is 1. The molecule has 0 aliphatic rings. The molecule has 0 radical (unpaired) electrons. The normalized spacial score (nSPS) is 9.41. The van der Waals surface area contributed by atoms with Crippen molar-refractivity contribution in [1.29, 1.82) is 0 Å². The molecule has 1 aromatic carbocycles. The van der Waals surface area contributed by atoms with Gasteiger partial charge in [-0.15, -0.1) is 6.42 Å². The van der Waals surface area contributed by atoms with Crippen molar-refractivity contribution in [2.75, 3.05) is 25.6 Å². The first kappa shape index (κ1) is 13.1. The molecule has 0 unspecified atom stereocenters. The summed E-state index contributed by atoms with van der Waals surface area (Å²) in [6, 6.07) is 6.90. The van der Waals surface area contributed by atoms with Gasteiger partial charge in [-0.05, 0) is 24.6 Å². The molecule has 1 rings (SSSR count). The summed E-state index contributed by atoms with van der Waals surface area (Å²) in [6.07, 6.45) is 6.06. The molecule has 0 aromatic heterocycles. The van der Waals surface area contributed by atoms with Crippen LogP contribution in [0.15, 0.2) is 24.3 Å². The Balaban J connectivity index is 2.37. The number of methoxy groups -OCH3 is 1. The highest BCUT2D eigenvalue weighted by Crippen LogP contribution is 2.09. The van der Waals surface area contributed by atoms with E-state index < -0.39 is 0 Å². The maximum absolute atomic E-state index is 11.5. The average Bonchev–Trinajstić information content (AvgIpc) is 2.35. The minimum atomic E-state index is -0.240. The molecule has 0 fully saturated rings. The molecule has 2 N–H and O–H groups in total. The van der Waals surface area contributed by atoms with Gasteiger partial charge >= 0.3 is 6.03 Å². The summed E-state index contributed by atoms with van der Waals surface area (Å²) in [7, 11) is 1.63. The molecule has 0 spiro atoms. The summed E-state index contributed by atoms with van der Waals surface area (Å²) in [5.74, 6) is 2.51. The van der Waals surface area contributed by atoms with Crippen LogP contribution in [0.25, 0.3) is 0 Å². The molecule has 90 valence electrons. The fourth-order valence-corrected chi connectivity index (χ4v) is 1.28. The summed E-state index contributed by atoms with van der Waals surface area (Å²) in [4.78, 5) is 11.5. The second kappa shape index (κ2) is 7.31. The average molecular weight is 232 g/mol. The number of urea groups is 1. The molecular weight excluding hydrogens is 216 g/mol. The second-order valence-corrected chi connectivity index (χ2v) is 3.45. The molecule has 0 saturated carbocycles. The van der Waals surface area contributed by atoms with Crippen LogP contribution in [0, 0.1) is 12.3 Å². The van der Waals surface area contributed by atoms with E-state index in [1.54, 1.807) is 25.3 Å². The smallest absolute Gasteiger partial charge is 0.319 e. The third-order valence-corrected chi connectivity index (χ3v) is 2.10. The Morgan fingerprint density at radius 1 is 1.53 bits per heavy atom. The largest absolute Gasteiger partial charge is 0.385 e. The summed E-state index contributed by atoms with van der Waals surface area (Å²) in [6.45, 7) is 1.21. The van der Waals surface area contributed by atoms with E-state index in [-0.39, 0.29) is 6.03 Å². The van der Waals surface area contributed by atoms with Crippen molar-refractivity contribution in [2.45, 2.75) is 6.42 Å². The quantitative estimate of drug-likeness (QED) is 0.601. The number of amides is 2. The fraction of sp³-hybridized carbons (Fsp3) is 0.308. The molecule has 4 heteroatoms. The first-order valence-corrected chi connectivity index (χ1v) is 5.36. The van der Waals surface area contributed by atoms with Crippen LogP contribution >= 0.6 is 0 Å². The zero-order valence-electron chi connectivity index (χ0n) is 9.82. The molecule has 17 heavy (non-hydrogen) atoms. The lowest BCUT2D eigenvalue weighted by Crippen LogP contribution is -2.30. The third kappa shape index (κ3) is 5.05. The molecule has 0 aliphatic carbocycles. The molecule has 1 aromatic rings. The zero-order chi connectivity index (χ0) is 12.5. The summed E-state index contributed by atoms with van der Waals surface area (Å²) in [5.41, 5.74) is 1.42. The van der Waals surface area contributed by atoms with Gasteiger partial charge in [0.2, 0.25) is 0 Å². The van der Waals surface area contributed by atoms with Gasteiger partial charge in [-0.3, -0.25) is 0 Å². The van der Waals surface area contributed by atoms with Gasteiger partial charge in [-0.2, -0.15) is 0 Å². The van der Waals surface area contributed by atoms with E-state index in [9.17, 15) is 4.79 Å². The zero-order valence-corrected chi connectivity index (χ0v) is 9.82. The number of hydrogen-bond acceptors (Lipinski definition) is 2. The molecule has 0 bridgehead atoms. The standard InChI is InChI=1S/C13H16N2O2/c1-3-11-6-4-7-12(10-11)15-13(16)14-8-5-9-17-2/h1,4,6-7,10H,5,8-9H2,2H3,(H2,14,15,16). The fourth-order valence-electron chi connectivity index (χ4n) is 1.28. The number of benzene rings is 1. The maximum atomic E-state index is 11.5. The lowest BCUT2D eigenvalue weighted by atomic mass is 10.2.